The maximum Gasteiger partial charge on any atom is 0.333 e. The highest BCUT2D eigenvalue weighted by atomic mass is 16.5. The van der Waals surface area contributed by atoms with Crippen LogP contribution in [0.1, 0.15) is 33.2 Å². The lowest BCUT2D eigenvalue weighted by Gasteiger charge is -2.46. The van der Waals surface area contributed by atoms with E-state index in [2.05, 4.69) is 22.3 Å². The van der Waals surface area contributed by atoms with E-state index < -0.39 is 11.5 Å². The Morgan fingerprint density at radius 1 is 1.03 bits per heavy atom. The van der Waals surface area contributed by atoms with E-state index in [1.165, 1.54) is 12.6 Å². The molecule has 1 saturated heterocycles. The Morgan fingerprint density at radius 3 is 2.21 bits per heavy atom. The van der Waals surface area contributed by atoms with Crippen molar-refractivity contribution < 1.29 is 20.5 Å². The number of nitrogens with one attached hydrogen (secondary N) is 1. The third-order valence-corrected chi connectivity index (χ3v) is 6.23. The van der Waals surface area contributed by atoms with Crippen molar-refractivity contribution in [2.45, 2.75) is 38.1 Å². The molecule has 1 N–H and O–H groups in total. The van der Waals surface area contributed by atoms with Crippen molar-refractivity contribution in [3.63, 3.8) is 0 Å². The molecule has 0 aromatic heterocycles. The number of nitrogens with zero attached hydrogens (tertiary/aromatic N) is 2. The lowest BCUT2D eigenvalue weighted by Crippen LogP contribution is -2.63. The molecule has 1 aliphatic rings. The number of rotatable bonds is 9. The third kappa shape index (κ3) is 5.99. The van der Waals surface area contributed by atoms with Crippen molar-refractivity contribution in [1.82, 2.24) is 10.2 Å². The van der Waals surface area contributed by atoms with Crippen LogP contribution in [0.3, 0.4) is 0 Å². The van der Waals surface area contributed by atoms with Gasteiger partial charge < -0.3 is 15.0 Å². The standard InChI is InChI=1S/C26H33N3O4.H2/c1-3-24(31)29(22-12-8-5-9-13-22)26(25(32)33-20-23(30)27-2)15-18-28(19-16-26)17-14-21-10-6-4-7-11-21;/h4-13H,3,14-20H2,1-2H3,(H,27,30);1H. The summed E-state index contributed by atoms with van der Waals surface area (Å²) in [6.07, 6.45) is 2.06. The summed E-state index contributed by atoms with van der Waals surface area (Å²) in [5.41, 5.74) is 0.788. The van der Waals surface area contributed by atoms with Gasteiger partial charge in [0.1, 0.15) is 5.54 Å². The number of benzene rings is 2. The minimum Gasteiger partial charge on any atom is -0.454 e. The van der Waals surface area contributed by atoms with Crippen LogP contribution >= 0.6 is 0 Å². The molecule has 0 aliphatic carbocycles. The number of para-hydroxylation sites is 1. The van der Waals surface area contributed by atoms with Gasteiger partial charge in [-0.15, -0.1) is 0 Å². The van der Waals surface area contributed by atoms with Gasteiger partial charge in [-0.05, 0) is 37.0 Å². The van der Waals surface area contributed by atoms with Crippen LogP contribution in [0.2, 0.25) is 0 Å². The molecule has 0 saturated carbocycles. The molecule has 1 aliphatic heterocycles. The predicted octanol–water partition coefficient (Wildman–Crippen LogP) is 3.04. The van der Waals surface area contributed by atoms with Gasteiger partial charge in [-0.1, -0.05) is 55.5 Å². The zero-order valence-electron chi connectivity index (χ0n) is 19.5. The largest absolute Gasteiger partial charge is 0.454 e. The van der Waals surface area contributed by atoms with Crippen LogP contribution in [-0.2, 0) is 25.5 Å². The lowest BCUT2D eigenvalue weighted by molar-refractivity contribution is -0.156. The van der Waals surface area contributed by atoms with Crippen molar-refractivity contribution in [3.05, 3.63) is 66.2 Å². The second-order valence-electron chi connectivity index (χ2n) is 8.28. The van der Waals surface area contributed by atoms with Gasteiger partial charge >= 0.3 is 5.97 Å². The van der Waals surface area contributed by atoms with Crippen LogP contribution in [0.4, 0.5) is 5.69 Å². The molecule has 0 unspecified atom stereocenters. The molecular weight excluding hydrogens is 418 g/mol. The molecule has 0 atom stereocenters. The third-order valence-electron chi connectivity index (χ3n) is 6.23. The van der Waals surface area contributed by atoms with Crippen molar-refractivity contribution in [2.24, 2.45) is 0 Å². The number of likely N-dealkylation sites (N-methyl/N-ethyl adjacent to an activating group) is 1. The van der Waals surface area contributed by atoms with E-state index in [1.807, 2.05) is 48.5 Å². The van der Waals surface area contributed by atoms with Gasteiger partial charge in [0.2, 0.25) is 5.91 Å². The number of esters is 1. The molecule has 0 radical (unpaired) electrons. The Morgan fingerprint density at radius 2 is 1.64 bits per heavy atom. The smallest absolute Gasteiger partial charge is 0.333 e. The SMILES string of the molecule is CCC(=O)N(c1ccccc1)C1(C(=O)OCC(=O)NC)CCN(CCc2ccccc2)CC1.[HH]. The fourth-order valence-electron chi connectivity index (χ4n) is 4.30. The van der Waals surface area contributed by atoms with Gasteiger partial charge in [-0.2, -0.15) is 0 Å². The molecule has 2 amide bonds. The first-order valence-corrected chi connectivity index (χ1v) is 11.5. The number of hydrogen-bond acceptors (Lipinski definition) is 5. The normalized spacial score (nSPS) is 15.5. The fourth-order valence-corrected chi connectivity index (χ4v) is 4.30. The highest BCUT2D eigenvalue weighted by Crippen LogP contribution is 2.35. The number of ether oxygens (including phenoxy) is 1. The maximum absolute atomic E-state index is 13.4. The van der Waals surface area contributed by atoms with Crippen molar-refractivity contribution in [2.75, 3.05) is 38.2 Å². The van der Waals surface area contributed by atoms with Gasteiger partial charge in [-0.3, -0.25) is 14.5 Å². The topological polar surface area (TPSA) is 78.9 Å². The first-order valence-electron chi connectivity index (χ1n) is 11.5. The number of anilines is 1. The number of carbonyl (C=O) groups is 3. The van der Waals surface area contributed by atoms with Gasteiger partial charge in [0.05, 0.1) is 0 Å². The second-order valence-corrected chi connectivity index (χ2v) is 8.28. The van der Waals surface area contributed by atoms with Crippen LogP contribution in [0.25, 0.3) is 0 Å². The summed E-state index contributed by atoms with van der Waals surface area (Å²) in [6.45, 7) is 3.61. The molecule has 1 heterocycles. The predicted molar refractivity (Wildman–Crippen MR) is 130 cm³/mol. The average Bonchev–Trinajstić information content (AvgIpc) is 2.87. The summed E-state index contributed by atoms with van der Waals surface area (Å²) in [7, 11) is 1.49. The monoisotopic (exact) mass is 453 g/mol. The Bertz CT molecular complexity index is 932. The Labute approximate surface area is 197 Å². The zero-order chi connectivity index (χ0) is 23.7. The highest BCUT2D eigenvalue weighted by molar-refractivity contribution is 6.02. The quantitative estimate of drug-likeness (QED) is 0.591. The van der Waals surface area contributed by atoms with Gasteiger partial charge in [0.15, 0.2) is 6.61 Å². The van der Waals surface area contributed by atoms with Crippen molar-refractivity contribution >= 4 is 23.5 Å². The number of carbonyl (C=O) groups excluding carboxylic acids is 3. The number of hydrogen-bond donors (Lipinski definition) is 1. The van der Waals surface area contributed by atoms with E-state index in [9.17, 15) is 14.4 Å². The Balaban J connectivity index is 0.00000408. The molecule has 2 aromatic rings. The van der Waals surface area contributed by atoms with Crippen LogP contribution in [0.5, 0.6) is 0 Å². The fraction of sp³-hybridized carbons (Fsp3) is 0.423. The van der Waals surface area contributed by atoms with E-state index in [4.69, 9.17) is 4.74 Å². The molecule has 3 rings (SSSR count). The van der Waals surface area contributed by atoms with Gasteiger partial charge in [0, 0.05) is 40.2 Å². The van der Waals surface area contributed by atoms with Crippen molar-refractivity contribution in [1.29, 1.82) is 0 Å². The summed E-state index contributed by atoms with van der Waals surface area (Å²) in [6, 6.07) is 19.6. The second kappa shape index (κ2) is 11.6. The van der Waals surface area contributed by atoms with E-state index in [0.29, 0.717) is 31.6 Å². The van der Waals surface area contributed by atoms with E-state index in [0.717, 1.165) is 13.0 Å². The van der Waals surface area contributed by atoms with E-state index >= 15 is 0 Å². The lowest BCUT2D eigenvalue weighted by atomic mass is 9.84. The highest BCUT2D eigenvalue weighted by Gasteiger charge is 2.50. The Hall–Kier alpha value is -3.19. The number of piperidine rings is 1. The first-order chi connectivity index (χ1) is 16.0. The summed E-state index contributed by atoms with van der Waals surface area (Å²) >= 11 is 0. The minimum absolute atomic E-state index is 0. The molecule has 0 spiro atoms. The van der Waals surface area contributed by atoms with Crippen LogP contribution in [-0.4, -0.2) is 61.5 Å². The molecule has 7 heteroatoms. The maximum atomic E-state index is 13.4. The zero-order valence-corrected chi connectivity index (χ0v) is 19.5. The van der Waals surface area contributed by atoms with Crippen LogP contribution < -0.4 is 10.2 Å². The van der Waals surface area contributed by atoms with Crippen LogP contribution in [0.15, 0.2) is 60.7 Å². The molecule has 7 nitrogen and oxygen atoms in total. The van der Waals surface area contributed by atoms with Crippen LogP contribution in [0, 0.1) is 0 Å². The molecule has 1 fully saturated rings. The molecule has 178 valence electrons. The molecule has 33 heavy (non-hydrogen) atoms. The molecule has 0 bridgehead atoms. The molecular formula is C26H35N3O4. The molecule has 2 aromatic carbocycles. The number of likely N-dealkylation sites (tertiary alicyclic amines) is 1. The van der Waals surface area contributed by atoms with E-state index in [-0.39, 0.29) is 26.3 Å². The minimum atomic E-state index is -1.15. The Kier molecular flexibility index (Phi) is 8.60. The van der Waals surface area contributed by atoms with Gasteiger partial charge in [-0.25, -0.2) is 4.79 Å². The van der Waals surface area contributed by atoms with E-state index in [1.54, 1.807) is 11.8 Å². The number of amides is 2. The van der Waals surface area contributed by atoms with Gasteiger partial charge in [0.25, 0.3) is 5.91 Å². The summed E-state index contributed by atoms with van der Waals surface area (Å²) in [5.74, 6) is -1.05. The summed E-state index contributed by atoms with van der Waals surface area (Å²) < 4.78 is 5.44. The summed E-state index contributed by atoms with van der Waals surface area (Å²) in [4.78, 5) is 42.2. The average molecular weight is 454 g/mol. The summed E-state index contributed by atoms with van der Waals surface area (Å²) in [5, 5.41) is 2.47. The van der Waals surface area contributed by atoms with Crippen molar-refractivity contribution in [3.8, 4) is 0 Å². The first kappa shape index (κ1) is 24.5.